The van der Waals surface area contributed by atoms with Crippen LogP contribution in [0.25, 0.3) is 38.8 Å². The van der Waals surface area contributed by atoms with E-state index in [1.54, 1.807) is 32.7 Å². The van der Waals surface area contributed by atoms with Gasteiger partial charge in [0, 0.05) is 24.1 Å². The molecule has 3 heterocycles. The van der Waals surface area contributed by atoms with Gasteiger partial charge >= 0.3 is 0 Å². The Kier molecular flexibility index (Phi) is 4.99. The van der Waals surface area contributed by atoms with Crippen LogP contribution >= 0.6 is 0 Å². The molecule has 162 valence electrons. The third kappa shape index (κ3) is 3.27. The molecule has 0 atom stereocenters. The molecule has 5 rings (SSSR count). The van der Waals surface area contributed by atoms with Crippen LogP contribution in [-0.4, -0.2) is 33.3 Å². The van der Waals surface area contributed by atoms with Gasteiger partial charge in [0.25, 0.3) is 0 Å². The summed E-state index contributed by atoms with van der Waals surface area (Å²) in [7, 11) is 5.10. The maximum absolute atomic E-state index is 9.38. The van der Waals surface area contributed by atoms with Crippen LogP contribution in [0.3, 0.4) is 0 Å². The van der Waals surface area contributed by atoms with Gasteiger partial charge in [0.05, 0.1) is 48.9 Å². The van der Waals surface area contributed by atoms with Crippen molar-refractivity contribution in [3.05, 3.63) is 72.6 Å². The Morgan fingerprint density at radius 3 is 2.55 bits per heavy atom. The molecule has 33 heavy (non-hydrogen) atoms. The third-order valence-electron chi connectivity index (χ3n) is 5.66. The summed E-state index contributed by atoms with van der Waals surface area (Å²) in [6, 6.07) is 17.7. The lowest BCUT2D eigenvalue weighted by Gasteiger charge is -2.11. The molecule has 0 bridgehead atoms. The Morgan fingerprint density at radius 1 is 0.970 bits per heavy atom. The number of aryl methyl sites for hydroxylation is 1. The van der Waals surface area contributed by atoms with Gasteiger partial charge in [-0.15, -0.1) is 4.99 Å². The summed E-state index contributed by atoms with van der Waals surface area (Å²) in [6.07, 6.45) is 5.42. The van der Waals surface area contributed by atoms with Crippen LogP contribution in [0.5, 0.6) is 11.6 Å². The quantitative estimate of drug-likeness (QED) is 0.398. The maximum Gasteiger partial charge on any atom is 0.226 e. The molecular weight excluding hydrogens is 416 g/mol. The lowest BCUT2D eigenvalue weighted by Crippen LogP contribution is -2.22. The molecule has 0 unspecified atom stereocenters. The van der Waals surface area contributed by atoms with Gasteiger partial charge in [0.1, 0.15) is 5.75 Å². The van der Waals surface area contributed by atoms with E-state index in [-0.39, 0.29) is 0 Å². The summed E-state index contributed by atoms with van der Waals surface area (Å²) in [5.41, 5.74) is 5.74. The molecule has 0 amide bonds. The highest BCUT2D eigenvalue weighted by molar-refractivity contribution is 6.04. The van der Waals surface area contributed by atoms with E-state index in [0.29, 0.717) is 11.5 Å². The highest BCUT2D eigenvalue weighted by Gasteiger charge is 2.17. The van der Waals surface area contributed by atoms with E-state index in [1.807, 2.05) is 64.8 Å². The van der Waals surface area contributed by atoms with Crippen LogP contribution < -0.4 is 15.1 Å². The number of nitriles is 1. The number of rotatable bonds is 4. The molecule has 0 aliphatic heterocycles. The average Bonchev–Trinajstić information content (AvgIpc) is 3.15. The first-order chi connectivity index (χ1) is 16.2. The average molecular weight is 436 g/mol. The van der Waals surface area contributed by atoms with E-state index < -0.39 is 0 Å². The smallest absolute Gasteiger partial charge is 0.226 e. The van der Waals surface area contributed by atoms with Crippen molar-refractivity contribution in [1.29, 1.82) is 5.26 Å². The fourth-order valence-corrected chi connectivity index (χ4v) is 4.10. The molecule has 0 N–H and O–H groups in total. The number of hydrogen-bond acceptors (Lipinski definition) is 6. The van der Waals surface area contributed by atoms with E-state index in [1.165, 1.54) is 0 Å². The number of aromatic nitrogens is 4. The summed E-state index contributed by atoms with van der Waals surface area (Å²) in [5, 5.41) is 10.3. The summed E-state index contributed by atoms with van der Waals surface area (Å²) < 4.78 is 14.6. The second-order valence-corrected chi connectivity index (χ2v) is 7.39. The minimum absolute atomic E-state index is 0.469. The van der Waals surface area contributed by atoms with Crippen molar-refractivity contribution in [1.82, 2.24) is 19.1 Å². The molecule has 8 nitrogen and oxygen atoms in total. The number of nitrogens with zero attached hydrogens (tertiary/aromatic N) is 6. The summed E-state index contributed by atoms with van der Waals surface area (Å²) in [6.45, 7) is 0. The van der Waals surface area contributed by atoms with Crippen molar-refractivity contribution in [3.63, 3.8) is 0 Å². The predicted octanol–water partition coefficient (Wildman–Crippen LogP) is 3.98. The zero-order chi connectivity index (χ0) is 22.9. The number of hydrogen-bond donors (Lipinski definition) is 0. The van der Waals surface area contributed by atoms with Gasteiger partial charge < -0.3 is 14.0 Å². The first-order valence-electron chi connectivity index (χ1n) is 10.2. The van der Waals surface area contributed by atoms with Crippen molar-refractivity contribution in [3.8, 4) is 34.6 Å². The van der Waals surface area contributed by atoms with E-state index in [0.717, 1.165) is 44.5 Å². The van der Waals surface area contributed by atoms with Gasteiger partial charge in [-0.3, -0.25) is 9.55 Å². The van der Waals surface area contributed by atoms with Gasteiger partial charge in [-0.1, -0.05) is 24.3 Å². The van der Waals surface area contributed by atoms with Crippen LogP contribution in [-0.2, 0) is 7.05 Å². The lowest BCUT2D eigenvalue weighted by atomic mass is 10.0. The number of benzene rings is 2. The molecule has 0 saturated heterocycles. The second-order valence-electron chi connectivity index (χ2n) is 7.39. The molecule has 5 aromatic rings. The lowest BCUT2D eigenvalue weighted by molar-refractivity contribution is 0.398. The number of ether oxygens (including phenoxy) is 2. The first-order valence-corrected chi connectivity index (χ1v) is 10.2. The SMILES string of the molecule is COc1ccc(-n2c(=NC#N)n(C)c3cnc4ccc(-c5ccccc5OC)cc4c32)cn1. The number of methoxy groups -OCH3 is 2. The topological polar surface area (TPSA) is 90.2 Å². The van der Waals surface area contributed by atoms with E-state index in [4.69, 9.17) is 9.47 Å². The molecular formula is C25H20N6O2. The Morgan fingerprint density at radius 2 is 1.82 bits per heavy atom. The monoisotopic (exact) mass is 436 g/mol. The molecule has 0 fully saturated rings. The molecule has 0 aliphatic carbocycles. The zero-order valence-electron chi connectivity index (χ0n) is 18.4. The largest absolute Gasteiger partial charge is 0.496 e. The van der Waals surface area contributed by atoms with Gasteiger partial charge in [0.2, 0.25) is 17.7 Å². The van der Waals surface area contributed by atoms with Crippen molar-refractivity contribution >= 4 is 21.9 Å². The third-order valence-corrected chi connectivity index (χ3v) is 5.66. The van der Waals surface area contributed by atoms with E-state index in [2.05, 4.69) is 21.0 Å². The molecule has 2 aromatic carbocycles. The Hall–Kier alpha value is -4.64. The van der Waals surface area contributed by atoms with E-state index in [9.17, 15) is 5.26 Å². The molecule has 0 radical (unpaired) electrons. The van der Waals surface area contributed by atoms with Crippen LogP contribution in [0.4, 0.5) is 0 Å². The van der Waals surface area contributed by atoms with Crippen molar-refractivity contribution in [2.75, 3.05) is 14.2 Å². The molecule has 0 saturated carbocycles. The van der Waals surface area contributed by atoms with Crippen molar-refractivity contribution < 1.29 is 9.47 Å². The van der Waals surface area contributed by atoms with Crippen LogP contribution in [0, 0.1) is 11.5 Å². The van der Waals surface area contributed by atoms with Crippen molar-refractivity contribution in [2.24, 2.45) is 12.0 Å². The fourth-order valence-electron chi connectivity index (χ4n) is 4.10. The number of para-hydroxylation sites is 1. The van der Waals surface area contributed by atoms with Gasteiger partial charge in [-0.2, -0.15) is 5.26 Å². The molecule has 0 aliphatic rings. The van der Waals surface area contributed by atoms with E-state index >= 15 is 0 Å². The van der Waals surface area contributed by atoms with Gasteiger partial charge in [-0.05, 0) is 29.8 Å². The zero-order valence-corrected chi connectivity index (χ0v) is 18.4. The minimum atomic E-state index is 0.469. The minimum Gasteiger partial charge on any atom is -0.496 e. The van der Waals surface area contributed by atoms with Crippen LogP contribution in [0.15, 0.2) is 72.0 Å². The highest BCUT2D eigenvalue weighted by Crippen LogP contribution is 2.34. The molecule has 8 heteroatoms. The number of pyridine rings is 2. The summed E-state index contributed by atoms with van der Waals surface area (Å²) >= 11 is 0. The highest BCUT2D eigenvalue weighted by atomic mass is 16.5. The standard InChI is InChI=1S/C25H20N6O2/c1-30-21-14-27-20-10-8-16(18-6-4-5-7-22(18)32-2)12-19(20)24(21)31(25(30)29-15-26)17-9-11-23(33-3)28-13-17/h4-14H,1-3H3. The van der Waals surface area contributed by atoms with Gasteiger partial charge in [-0.25, -0.2) is 4.98 Å². The summed E-state index contributed by atoms with van der Waals surface area (Å²) in [5.74, 6) is 1.29. The van der Waals surface area contributed by atoms with Crippen LogP contribution in [0.1, 0.15) is 0 Å². The fraction of sp³-hybridized carbons (Fsp3) is 0.120. The van der Waals surface area contributed by atoms with Gasteiger partial charge in [0.15, 0.2) is 0 Å². The first kappa shape index (κ1) is 20.3. The molecule has 0 spiro atoms. The Labute approximate surface area is 189 Å². The second kappa shape index (κ2) is 8.13. The predicted molar refractivity (Wildman–Crippen MR) is 125 cm³/mol. The van der Waals surface area contributed by atoms with Crippen LogP contribution in [0.2, 0.25) is 0 Å². The Balaban J connectivity index is 1.89. The molecule has 3 aromatic heterocycles. The van der Waals surface area contributed by atoms with Crippen molar-refractivity contribution in [2.45, 2.75) is 0 Å². The Bertz CT molecular complexity index is 1610. The summed E-state index contributed by atoms with van der Waals surface area (Å²) in [4.78, 5) is 13.1. The maximum atomic E-state index is 9.38. The number of imidazole rings is 1. The normalized spacial score (nSPS) is 11.6. The number of fused-ring (bicyclic) bond motifs is 3.